The molecule has 0 saturated heterocycles. The fraction of sp³-hybridized carbons (Fsp3) is 0.320. The van der Waals surface area contributed by atoms with Gasteiger partial charge < -0.3 is 14.5 Å². The second kappa shape index (κ2) is 9.06. The smallest absolute Gasteiger partial charge is 0.258 e. The van der Waals surface area contributed by atoms with Crippen LogP contribution in [-0.2, 0) is 0 Å². The molecule has 1 amide bonds. The topological polar surface area (TPSA) is 90.5 Å². The average molecular weight is 474 g/mol. The number of aryl methyl sites for hydroxylation is 1. The highest BCUT2D eigenvalue weighted by Crippen LogP contribution is 2.39. The molecule has 0 atom stereocenters. The van der Waals surface area contributed by atoms with Crippen molar-refractivity contribution in [2.45, 2.75) is 50.5 Å². The fourth-order valence-electron chi connectivity index (χ4n) is 3.97. The zero-order valence-corrected chi connectivity index (χ0v) is 20.5. The average Bonchev–Trinajstić information content (AvgIpc) is 3.34. The van der Waals surface area contributed by atoms with Crippen LogP contribution in [0.5, 0.6) is 0 Å². The molecule has 1 saturated carbocycles. The number of carbonyl (C=O) groups excluding carboxylic acids is 1. The van der Waals surface area contributed by atoms with Crippen LogP contribution in [0.25, 0.3) is 17.2 Å². The Hall–Kier alpha value is -3.46. The van der Waals surface area contributed by atoms with Gasteiger partial charge in [0.1, 0.15) is 17.8 Å². The molecule has 8 nitrogen and oxygen atoms in total. The molecule has 4 aromatic rings. The number of pyridine rings is 1. The van der Waals surface area contributed by atoms with E-state index in [1.807, 2.05) is 39.9 Å². The van der Waals surface area contributed by atoms with Gasteiger partial charge in [-0.05, 0) is 69.7 Å². The Morgan fingerprint density at radius 3 is 2.76 bits per heavy atom. The van der Waals surface area contributed by atoms with E-state index in [0.717, 1.165) is 21.8 Å². The molecule has 3 aromatic heterocycles. The molecule has 0 spiro atoms. The van der Waals surface area contributed by atoms with Crippen LogP contribution in [-0.4, -0.2) is 41.5 Å². The molecule has 0 aliphatic heterocycles. The first-order chi connectivity index (χ1) is 16.4. The van der Waals surface area contributed by atoms with E-state index in [0.29, 0.717) is 28.8 Å². The summed E-state index contributed by atoms with van der Waals surface area (Å²) in [5.74, 6) is 1.51. The Labute approximate surface area is 202 Å². The van der Waals surface area contributed by atoms with Gasteiger partial charge in [0.15, 0.2) is 5.82 Å². The lowest BCUT2D eigenvalue weighted by atomic mass is 10.1. The van der Waals surface area contributed by atoms with Crippen LogP contribution >= 0.6 is 11.8 Å². The van der Waals surface area contributed by atoms with Gasteiger partial charge >= 0.3 is 0 Å². The van der Waals surface area contributed by atoms with Crippen LogP contribution in [0.4, 0.5) is 5.82 Å². The van der Waals surface area contributed by atoms with E-state index >= 15 is 0 Å². The van der Waals surface area contributed by atoms with E-state index in [4.69, 9.17) is 0 Å². The maximum Gasteiger partial charge on any atom is 0.258 e. The van der Waals surface area contributed by atoms with E-state index in [-0.39, 0.29) is 11.9 Å². The Bertz CT molecular complexity index is 1350. The van der Waals surface area contributed by atoms with E-state index in [1.54, 1.807) is 24.2 Å². The molecular formula is C25H27N7OS. The van der Waals surface area contributed by atoms with Gasteiger partial charge in [-0.15, -0.1) is 22.0 Å². The van der Waals surface area contributed by atoms with Crippen LogP contribution in [0.15, 0.2) is 54.1 Å². The summed E-state index contributed by atoms with van der Waals surface area (Å²) >= 11 is 1.55. The zero-order valence-electron chi connectivity index (χ0n) is 19.7. The summed E-state index contributed by atoms with van der Waals surface area (Å²) in [6, 6.07) is 9.70. The van der Waals surface area contributed by atoms with Crippen molar-refractivity contribution in [1.82, 2.24) is 29.3 Å². The number of imidazole rings is 1. The molecule has 1 aliphatic rings. The van der Waals surface area contributed by atoms with Crippen molar-refractivity contribution in [3.63, 3.8) is 0 Å². The fourth-order valence-corrected chi connectivity index (χ4v) is 4.64. The van der Waals surface area contributed by atoms with Gasteiger partial charge in [0.25, 0.3) is 5.91 Å². The zero-order chi connectivity index (χ0) is 23.8. The Kier molecular flexibility index (Phi) is 5.95. The highest BCUT2D eigenvalue weighted by atomic mass is 32.2. The molecule has 9 heteroatoms. The monoisotopic (exact) mass is 473 g/mol. The van der Waals surface area contributed by atoms with Gasteiger partial charge in [-0.1, -0.05) is 6.07 Å². The van der Waals surface area contributed by atoms with Gasteiger partial charge in [0.2, 0.25) is 0 Å². The third kappa shape index (κ3) is 4.35. The number of nitrogens with zero attached hydrogens (tertiary/aromatic N) is 6. The number of thioether (sulfide) groups is 1. The third-order valence-corrected chi connectivity index (χ3v) is 6.77. The van der Waals surface area contributed by atoms with Crippen LogP contribution < -0.4 is 5.32 Å². The lowest BCUT2D eigenvalue weighted by Crippen LogP contribution is -2.15. The highest BCUT2D eigenvalue weighted by molar-refractivity contribution is 7.98. The van der Waals surface area contributed by atoms with Gasteiger partial charge in [-0.25, -0.2) is 9.97 Å². The predicted molar refractivity (Wildman–Crippen MR) is 134 cm³/mol. The number of anilines is 1. The van der Waals surface area contributed by atoms with Crippen molar-refractivity contribution in [2.24, 2.45) is 0 Å². The number of benzene rings is 1. The number of aromatic nitrogens is 6. The molecule has 5 rings (SSSR count). The first-order valence-corrected chi connectivity index (χ1v) is 12.6. The lowest BCUT2D eigenvalue weighted by Gasteiger charge is -2.14. The largest absolute Gasteiger partial charge is 0.310 e. The van der Waals surface area contributed by atoms with E-state index in [9.17, 15) is 4.79 Å². The van der Waals surface area contributed by atoms with Crippen molar-refractivity contribution >= 4 is 23.5 Å². The summed E-state index contributed by atoms with van der Waals surface area (Å²) in [6.07, 6.45) is 9.99. The van der Waals surface area contributed by atoms with Crippen molar-refractivity contribution < 1.29 is 4.79 Å². The Morgan fingerprint density at radius 2 is 2.03 bits per heavy atom. The standard InChI is InChI=1S/C25H27N7OS/c1-15(2)32-14-27-30-24(32)19-6-5-7-23(28-19)29-25(33)18-11-21(16(3)10-22(18)34-4)31-12-20(26-13-31)17-8-9-17/h5-7,10-15,17H,8-9H2,1-4H3,(H,28,29,33). The van der Waals surface area contributed by atoms with Crippen LogP contribution in [0.3, 0.4) is 0 Å². The maximum absolute atomic E-state index is 13.4. The van der Waals surface area contributed by atoms with Gasteiger partial charge in [0, 0.05) is 23.1 Å². The van der Waals surface area contributed by atoms with Crippen molar-refractivity contribution in [3.05, 3.63) is 66.0 Å². The molecular weight excluding hydrogens is 446 g/mol. The molecule has 3 heterocycles. The van der Waals surface area contributed by atoms with Crippen LogP contribution in [0, 0.1) is 6.92 Å². The molecule has 1 aliphatic carbocycles. The molecule has 174 valence electrons. The number of carbonyl (C=O) groups is 1. The Balaban J connectivity index is 1.45. The summed E-state index contributed by atoms with van der Waals surface area (Å²) in [5.41, 5.74) is 4.43. The second-order valence-corrected chi connectivity index (χ2v) is 9.68. The maximum atomic E-state index is 13.4. The van der Waals surface area contributed by atoms with E-state index in [2.05, 4.69) is 58.5 Å². The van der Waals surface area contributed by atoms with Crippen molar-refractivity contribution in [1.29, 1.82) is 0 Å². The van der Waals surface area contributed by atoms with Gasteiger partial charge in [-0.2, -0.15) is 0 Å². The molecule has 0 radical (unpaired) electrons. The minimum Gasteiger partial charge on any atom is -0.310 e. The first-order valence-electron chi connectivity index (χ1n) is 11.4. The SMILES string of the molecule is CSc1cc(C)c(-n2cnc(C3CC3)c2)cc1C(=O)Nc1cccc(-c2nncn2C(C)C)n1. The van der Waals surface area contributed by atoms with Crippen LogP contribution in [0.2, 0.25) is 0 Å². The third-order valence-electron chi connectivity index (χ3n) is 5.99. The van der Waals surface area contributed by atoms with Crippen LogP contribution in [0.1, 0.15) is 60.3 Å². The quantitative estimate of drug-likeness (QED) is 0.368. The summed E-state index contributed by atoms with van der Waals surface area (Å²) < 4.78 is 3.97. The molecule has 1 N–H and O–H groups in total. The highest BCUT2D eigenvalue weighted by Gasteiger charge is 2.26. The summed E-state index contributed by atoms with van der Waals surface area (Å²) in [4.78, 5) is 23.5. The van der Waals surface area contributed by atoms with Crippen molar-refractivity contribution in [3.8, 4) is 17.2 Å². The van der Waals surface area contributed by atoms with Gasteiger partial charge in [0.05, 0.1) is 23.3 Å². The molecule has 0 unspecified atom stereocenters. The number of hydrogen-bond donors (Lipinski definition) is 1. The number of amides is 1. The predicted octanol–water partition coefficient (Wildman–Crippen LogP) is 5.27. The molecule has 34 heavy (non-hydrogen) atoms. The molecule has 1 fully saturated rings. The summed E-state index contributed by atoms with van der Waals surface area (Å²) in [7, 11) is 0. The lowest BCUT2D eigenvalue weighted by molar-refractivity contribution is 0.102. The first kappa shape index (κ1) is 22.3. The minimum atomic E-state index is -0.205. The second-order valence-electron chi connectivity index (χ2n) is 8.84. The number of hydrogen-bond acceptors (Lipinski definition) is 6. The minimum absolute atomic E-state index is 0.198. The van der Waals surface area contributed by atoms with Gasteiger partial charge in [-0.3, -0.25) is 4.79 Å². The Morgan fingerprint density at radius 1 is 1.21 bits per heavy atom. The summed E-state index contributed by atoms with van der Waals surface area (Å²) in [6.45, 7) is 6.18. The number of nitrogens with one attached hydrogen (secondary N) is 1. The summed E-state index contributed by atoms with van der Waals surface area (Å²) in [5, 5.41) is 11.2. The molecule has 0 bridgehead atoms. The molecule has 1 aromatic carbocycles. The van der Waals surface area contributed by atoms with E-state index in [1.165, 1.54) is 12.8 Å². The normalized spacial score (nSPS) is 13.4. The number of rotatable bonds is 7. The van der Waals surface area contributed by atoms with E-state index < -0.39 is 0 Å². The van der Waals surface area contributed by atoms with Crippen molar-refractivity contribution in [2.75, 3.05) is 11.6 Å².